The molecule has 0 spiro atoms. The summed E-state index contributed by atoms with van der Waals surface area (Å²) in [6.45, 7) is 4.04. The quantitative estimate of drug-likeness (QED) is 0.677. The number of hydrogen-bond acceptors (Lipinski definition) is 5. The summed E-state index contributed by atoms with van der Waals surface area (Å²) in [5.41, 5.74) is 0.678. The van der Waals surface area contributed by atoms with Crippen LogP contribution < -0.4 is 14.8 Å². The zero-order chi connectivity index (χ0) is 13.9. The van der Waals surface area contributed by atoms with Crippen LogP contribution in [0.25, 0.3) is 11.0 Å². The first kappa shape index (κ1) is 12.6. The maximum Gasteiger partial charge on any atom is 0.291 e. The van der Waals surface area contributed by atoms with Crippen LogP contribution in [0.5, 0.6) is 5.75 Å². The molecule has 0 aliphatic heterocycles. The summed E-state index contributed by atoms with van der Waals surface area (Å²) >= 11 is 1.30. The molecule has 0 aliphatic carbocycles. The van der Waals surface area contributed by atoms with Gasteiger partial charge in [-0.2, -0.15) is 9.61 Å². The number of aromatic nitrogens is 3. The zero-order valence-electron chi connectivity index (χ0n) is 10.5. The second-order valence-electron chi connectivity index (χ2n) is 4.01. The average Bonchev–Trinajstić information content (AvgIpc) is 3.02. The number of ether oxygens (including phenoxy) is 1. The molecule has 0 amide bonds. The van der Waals surface area contributed by atoms with E-state index in [2.05, 4.69) is 16.7 Å². The minimum absolute atomic E-state index is 0.166. The van der Waals surface area contributed by atoms with Gasteiger partial charge in [0.25, 0.3) is 5.56 Å². The van der Waals surface area contributed by atoms with Crippen molar-refractivity contribution in [3.05, 3.63) is 63.7 Å². The number of nitrogens with zero attached hydrogens (tertiary/aromatic N) is 3. The Morgan fingerprint density at radius 3 is 3.05 bits per heavy atom. The van der Waals surface area contributed by atoms with Crippen molar-refractivity contribution in [2.45, 2.75) is 0 Å². The molecule has 2 heterocycles. The van der Waals surface area contributed by atoms with Crippen LogP contribution in [0.2, 0.25) is 0 Å². The van der Waals surface area contributed by atoms with Crippen molar-refractivity contribution in [2.24, 2.45) is 0 Å². The van der Waals surface area contributed by atoms with Crippen LogP contribution in [0.15, 0.2) is 48.0 Å². The van der Waals surface area contributed by atoms with E-state index in [1.54, 1.807) is 12.2 Å². The molecule has 5 nitrogen and oxygen atoms in total. The first-order valence-electron chi connectivity index (χ1n) is 5.96. The third kappa shape index (κ3) is 2.21. The molecule has 0 saturated heterocycles. The van der Waals surface area contributed by atoms with Crippen LogP contribution in [-0.4, -0.2) is 21.2 Å². The number of para-hydroxylation sites is 1. The molecule has 0 radical (unpaired) electrons. The lowest BCUT2D eigenvalue weighted by molar-refractivity contribution is 0.362. The summed E-state index contributed by atoms with van der Waals surface area (Å²) in [5.74, 6) is 0.714. The van der Waals surface area contributed by atoms with Crippen LogP contribution in [-0.2, 0) is 0 Å². The second-order valence-corrected chi connectivity index (χ2v) is 5.02. The summed E-state index contributed by atoms with van der Waals surface area (Å²) < 4.78 is 7.44. The van der Waals surface area contributed by atoms with Crippen LogP contribution in [0.4, 0.5) is 0 Å². The third-order valence-corrected chi connectivity index (χ3v) is 3.66. The molecule has 0 saturated carbocycles. The lowest BCUT2D eigenvalue weighted by Crippen LogP contribution is -2.23. The summed E-state index contributed by atoms with van der Waals surface area (Å²) in [6.07, 6.45) is 4.85. The van der Waals surface area contributed by atoms with Crippen LogP contribution >= 0.6 is 11.3 Å². The highest BCUT2D eigenvalue weighted by molar-refractivity contribution is 7.15. The zero-order valence-corrected chi connectivity index (χ0v) is 11.3. The van der Waals surface area contributed by atoms with E-state index in [4.69, 9.17) is 4.74 Å². The lowest BCUT2D eigenvalue weighted by atomic mass is 10.2. The monoisotopic (exact) mass is 285 g/mol. The Bertz CT molecular complexity index is 866. The largest absolute Gasteiger partial charge is 0.489 e. The molecule has 1 aromatic carbocycles. The summed E-state index contributed by atoms with van der Waals surface area (Å²) in [7, 11) is 0. The Labute approximate surface area is 118 Å². The minimum Gasteiger partial charge on any atom is -0.489 e. The average molecular weight is 285 g/mol. The Hall–Kier alpha value is -2.47. The lowest BCUT2D eigenvalue weighted by Gasteiger charge is -2.05. The molecule has 3 aromatic rings. The Balaban J connectivity index is 2.11. The predicted octanol–water partition coefficient (Wildman–Crippen LogP) is 1.26. The minimum atomic E-state index is -0.166. The normalized spacial score (nSPS) is 11.9. The third-order valence-electron chi connectivity index (χ3n) is 2.68. The van der Waals surface area contributed by atoms with E-state index in [0.29, 0.717) is 21.8 Å². The van der Waals surface area contributed by atoms with E-state index in [0.717, 1.165) is 5.56 Å². The van der Waals surface area contributed by atoms with Gasteiger partial charge >= 0.3 is 0 Å². The van der Waals surface area contributed by atoms with Crippen molar-refractivity contribution in [1.82, 2.24) is 14.6 Å². The molecule has 0 aliphatic rings. The molecule has 0 unspecified atom stereocenters. The molecule has 0 N–H and O–H groups in total. The van der Waals surface area contributed by atoms with Gasteiger partial charge in [0.1, 0.15) is 18.7 Å². The molecule has 0 atom stereocenters. The van der Waals surface area contributed by atoms with Gasteiger partial charge in [-0.1, -0.05) is 42.2 Å². The first-order chi connectivity index (χ1) is 9.79. The summed E-state index contributed by atoms with van der Waals surface area (Å²) in [6, 6.07) is 7.54. The molecule has 0 fully saturated rings. The highest BCUT2D eigenvalue weighted by atomic mass is 32.1. The van der Waals surface area contributed by atoms with Gasteiger partial charge in [-0.25, -0.2) is 4.98 Å². The molecular weight excluding hydrogens is 274 g/mol. The van der Waals surface area contributed by atoms with Crippen molar-refractivity contribution >= 4 is 22.4 Å². The predicted molar refractivity (Wildman–Crippen MR) is 78.1 cm³/mol. The van der Waals surface area contributed by atoms with Crippen molar-refractivity contribution < 1.29 is 4.74 Å². The molecule has 3 rings (SSSR count). The van der Waals surface area contributed by atoms with Gasteiger partial charge in [0.15, 0.2) is 0 Å². The number of hydrogen-bond donors (Lipinski definition) is 0. The summed E-state index contributed by atoms with van der Waals surface area (Å²) in [5, 5.41) is 3.89. The Kier molecular flexibility index (Phi) is 3.30. The van der Waals surface area contributed by atoms with Crippen LogP contribution in [0, 0.1) is 0 Å². The molecule has 100 valence electrons. The number of fused-ring (bicyclic) bond motifs is 1. The van der Waals surface area contributed by atoms with E-state index in [1.165, 1.54) is 22.2 Å². The number of thiazole rings is 1. The van der Waals surface area contributed by atoms with E-state index < -0.39 is 0 Å². The van der Waals surface area contributed by atoms with Gasteiger partial charge in [-0.3, -0.25) is 4.79 Å². The fourth-order valence-electron chi connectivity index (χ4n) is 1.80. The first-order valence-corrected chi connectivity index (χ1v) is 6.78. The molecular formula is C14H11N3O2S. The maximum absolute atomic E-state index is 12.1. The van der Waals surface area contributed by atoms with Crippen molar-refractivity contribution in [2.75, 3.05) is 6.61 Å². The highest BCUT2D eigenvalue weighted by Crippen LogP contribution is 2.18. The fourth-order valence-corrected chi connectivity index (χ4v) is 2.67. The van der Waals surface area contributed by atoms with E-state index in [1.807, 2.05) is 24.3 Å². The second kappa shape index (κ2) is 5.26. The highest BCUT2D eigenvalue weighted by Gasteiger charge is 2.06. The standard InChI is InChI=1S/C14H11N3O2S/c1-2-7-19-11-6-4-3-5-10(11)8-12-13(18)17-14(20-12)15-9-16-17/h2-6,8-9H,1,7H2/b12-8+. The van der Waals surface area contributed by atoms with Gasteiger partial charge in [0.2, 0.25) is 4.96 Å². The summed E-state index contributed by atoms with van der Waals surface area (Å²) in [4.78, 5) is 16.7. The van der Waals surface area contributed by atoms with Gasteiger partial charge in [0.05, 0.1) is 4.53 Å². The Morgan fingerprint density at radius 2 is 2.25 bits per heavy atom. The number of rotatable bonds is 4. The smallest absolute Gasteiger partial charge is 0.291 e. The maximum atomic E-state index is 12.1. The van der Waals surface area contributed by atoms with Crippen LogP contribution in [0.1, 0.15) is 5.56 Å². The number of benzene rings is 1. The molecule has 6 heteroatoms. The molecule has 0 bridgehead atoms. The van der Waals surface area contributed by atoms with Crippen molar-refractivity contribution in [3.63, 3.8) is 0 Å². The van der Waals surface area contributed by atoms with Crippen molar-refractivity contribution in [3.8, 4) is 5.75 Å². The van der Waals surface area contributed by atoms with Crippen molar-refractivity contribution in [1.29, 1.82) is 0 Å². The van der Waals surface area contributed by atoms with E-state index in [9.17, 15) is 4.79 Å². The van der Waals surface area contributed by atoms with Gasteiger partial charge in [-0.15, -0.1) is 0 Å². The molecule has 20 heavy (non-hydrogen) atoms. The van der Waals surface area contributed by atoms with Crippen LogP contribution in [0.3, 0.4) is 0 Å². The Morgan fingerprint density at radius 1 is 1.40 bits per heavy atom. The fraction of sp³-hybridized carbons (Fsp3) is 0.0714. The van der Waals surface area contributed by atoms with Gasteiger partial charge in [-0.05, 0) is 12.1 Å². The van der Waals surface area contributed by atoms with Gasteiger partial charge in [0, 0.05) is 5.56 Å². The SMILES string of the molecule is C=CCOc1ccccc1/C=c1/sc2ncnn2c1=O. The van der Waals surface area contributed by atoms with Gasteiger partial charge < -0.3 is 4.74 Å². The van der Waals surface area contributed by atoms with E-state index >= 15 is 0 Å². The molecule has 2 aromatic heterocycles. The topological polar surface area (TPSA) is 56.5 Å². The van der Waals surface area contributed by atoms with E-state index in [-0.39, 0.29) is 5.56 Å².